The molecular weight excluding hydrogens is 290 g/mol. The van der Waals surface area contributed by atoms with Crippen LogP contribution in [0.2, 0.25) is 0 Å². The molecule has 0 spiro atoms. The number of rotatable bonds is 4. The number of aromatic nitrogens is 4. The molecule has 0 radical (unpaired) electrons. The Balaban J connectivity index is 1.74. The highest BCUT2D eigenvalue weighted by Gasteiger charge is 2.24. The summed E-state index contributed by atoms with van der Waals surface area (Å²) < 4.78 is 1.70. The van der Waals surface area contributed by atoms with E-state index in [4.69, 9.17) is 0 Å². The van der Waals surface area contributed by atoms with Gasteiger partial charge < -0.3 is 5.32 Å². The molecule has 1 aromatic carbocycles. The third-order valence-corrected chi connectivity index (χ3v) is 4.66. The Labute approximate surface area is 133 Å². The summed E-state index contributed by atoms with van der Waals surface area (Å²) >= 11 is 0. The molecule has 0 aliphatic heterocycles. The molecule has 1 aliphatic rings. The Morgan fingerprint density at radius 3 is 2.78 bits per heavy atom. The van der Waals surface area contributed by atoms with Crippen LogP contribution in [-0.2, 0) is 0 Å². The van der Waals surface area contributed by atoms with E-state index in [2.05, 4.69) is 27.3 Å². The Hall–Kier alpha value is -2.63. The maximum absolute atomic E-state index is 12.3. The third kappa shape index (κ3) is 2.50. The lowest BCUT2D eigenvalue weighted by atomic mass is 9.80. The van der Waals surface area contributed by atoms with Gasteiger partial charge in [0.1, 0.15) is 5.39 Å². The number of nitrogens with zero attached hydrogens (tertiary/aromatic N) is 3. The fourth-order valence-corrected chi connectivity index (χ4v) is 3.02. The molecule has 6 heteroatoms. The molecule has 1 saturated carbocycles. The number of fused-ring (bicyclic) bond motifs is 1. The van der Waals surface area contributed by atoms with Crippen molar-refractivity contribution in [3.8, 4) is 5.69 Å². The zero-order chi connectivity index (χ0) is 15.8. The molecule has 2 heterocycles. The first-order chi connectivity index (χ1) is 11.2. The lowest BCUT2D eigenvalue weighted by Gasteiger charge is -2.31. The normalized spacial score (nSPS) is 16.2. The van der Waals surface area contributed by atoms with E-state index >= 15 is 0 Å². The van der Waals surface area contributed by atoms with Crippen LogP contribution >= 0.6 is 0 Å². The summed E-state index contributed by atoms with van der Waals surface area (Å²) in [4.78, 5) is 19.7. The van der Waals surface area contributed by atoms with Crippen molar-refractivity contribution in [3.05, 3.63) is 46.9 Å². The molecule has 0 amide bonds. The molecule has 118 valence electrons. The Bertz CT molecular complexity index is 879. The van der Waals surface area contributed by atoms with Crippen LogP contribution in [0.1, 0.15) is 26.2 Å². The fraction of sp³-hybridized carbons (Fsp3) is 0.353. The summed E-state index contributed by atoms with van der Waals surface area (Å²) in [5.74, 6) is 1.18. The van der Waals surface area contributed by atoms with E-state index in [0.717, 1.165) is 5.69 Å². The Kier molecular flexibility index (Phi) is 3.37. The summed E-state index contributed by atoms with van der Waals surface area (Å²) in [7, 11) is 0. The lowest BCUT2D eigenvalue weighted by Crippen LogP contribution is -2.32. The quantitative estimate of drug-likeness (QED) is 0.777. The summed E-state index contributed by atoms with van der Waals surface area (Å²) in [5, 5.41) is 8.15. The summed E-state index contributed by atoms with van der Waals surface area (Å²) in [6.45, 7) is 2.14. The number of hydrogen-bond donors (Lipinski definition) is 2. The first-order valence-electron chi connectivity index (χ1n) is 8.02. The first-order valence-corrected chi connectivity index (χ1v) is 8.02. The smallest absolute Gasteiger partial charge is 0.263 e. The topological polar surface area (TPSA) is 75.6 Å². The van der Waals surface area contributed by atoms with Crippen molar-refractivity contribution in [2.24, 2.45) is 5.92 Å². The van der Waals surface area contributed by atoms with E-state index in [1.807, 2.05) is 30.3 Å². The lowest BCUT2D eigenvalue weighted by molar-refractivity contribution is 0.284. The van der Waals surface area contributed by atoms with Gasteiger partial charge in [-0.15, -0.1) is 0 Å². The average molecular weight is 309 g/mol. The van der Waals surface area contributed by atoms with E-state index in [0.29, 0.717) is 28.9 Å². The largest absolute Gasteiger partial charge is 0.353 e. The van der Waals surface area contributed by atoms with Gasteiger partial charge in [0.25, 0.3) is 5.56 Å². The second-order valence-electron chi connectivity index (χ2n) is 6.17. The minimum absolute atomic E-state index is 0.166. The van der Waals surface area contributed by atoms with Gasteiger partial charge in [0.2, 0.25) is 5.95 Å². The predicted octanol–water partition coefficient (Wildman–Crippen LogP) is 2.71. The van der Waals surface area contributed by atoms with E-state index in [1.165, 1.54) is 19.3 Å². The van der Waals surface area contributed by atoms with Crippen molar-refractivity contribution in [1.29, 1.82) is 0 Å². The Morgan fingerprint density at radius 2 is 2.09 bits per heavy atom. The molecular formula is C17H19N5O. The molecule has 23 heavy (non-hydrogen) atoms. The van der Waals surface area contributed by atoms with E-state index < -0.39 is 0 Å². The van der Waals surface area contributed by atoms with Crippen molar-refractivity contribution in [1.82, 2.24) is 19.7 Å². The number of nitrogens with one attached hydrogen (secondary N) is 2. The average Bonchev–Trinajstić information content (AvgIpc) is 2.90. The van der Waals surface area contributed by atoms with E-state index in [-0.39, 0.29) is 5.56 Å². The number of aromatic amines is 1. The predicted molar refractivity (Wildman–Crippen MR) is 89.9 cm³/mol. The third-order valence-electron chi connectivity index (χ3n) is 4.66. The molecule has 1 unspecified atom stereocenters. The van der Waals surface area contributed by atoms with Crippen molar-refractivity contribution in [2.75, 3.05) is 5.32 Å². The van der Waals surface area contributed by atoms with Crippen molar-refractivity contribution < 1.29 is 0 Å². The van der Waals surface area contributed by atoms with E-state index in [1.54, 1.807) is 10.9 Å². The van der Waals surface area contributed by atoms with Crippen molar-refractivity contribution in [3.63, 3.8) is 0 Å². The first kappa shape index (κ1) is 14.0. The zero-order valence-corrected chi connectivity index (χ0v) is 13.0. The highest BCUT2D eigenvalue weighted by Crippen LogP contribution is 2.30. The van der Waals surface area contributed by atoms with Crippen LogP contribution in [0.5, 0.6) is 0 Å². The SMILES string of the molecule is CC(Nc1nc2c(cnn2-c2ccccc2)c(=O)[nH]1)C1CCC1. The van der Waals surface area contributed by atoms with Gasteiger partial charge in [0.15, 0.2) is 5.65 Å². The molecule has 2 N–H and O–H groups in total. The maximum atomic E-state index is 12.3. The number of hydrogen-bond acceptors (Lipinski definition) is 4. The van der Waals surface area contributed by atoms with Gasteiger partial charge >= 0.3 is 0 Å². The van der Waals surface area contributed by atoms with Crippen molar-refractivity contribution >= 4 is 17.0 Å². The molecule has 6 nitrogen and oxygen atoms in total. The molecule has 3 aromatic rings. The van der Waals surface area contributed by atoms with Crippen LogP contribution in [-0.4, -0.2) is 25.8 Å². The molecule has 0 saturated heterocycles. The van der Waals surface area contributed by atoms with Crippen LogP contribution in [0.25, 0.3) is 16.7 Å². The summed E-state index contributed by atoms with van der Waals surface area (Å²) in [6.07, 6.45) is 5.33. The van der Waals surface area contributed by atoms with Crippen LogP contribution in [0.15, 0.2) is 41.3 Å². The summed E-state index contributed by atoms with van der Waals surface area (Å²) in [5.41, 5.74) is 1.29. The van der Waals surface area contributed by atoms with Gasteiger partial charge in [-0.1, -0.05) is 24.6 Å². The molecule has 1 aliphatic carbocycles. The van der Waals surface area contributed by atoms with Gasteiger partial charge in [-0.2, -0.15) is 10.1 Å². The number of para-hydroxylation sites is 1. The van der Waals surface area contributed by atoms with Crippen LogP contribution in [0, 0.1) is 5.92 Å². The standard InChI is InChI=1S/C17H19N5O/c1-11(12-6-5-7-12)19-17-20-15-14(16(23)21-17)10-18-22(15)13-8-3-2-4-9-13/h2-4,8-12H,5-7H2,1H3,(H2,19,20,21,23). The fourth-order valence-electron chi connectivity index (χ4n) is 3.02. The second kappa shape index (κ2) is 5.53. The highest BCUT2D eigenvalue weighted by molar-refractivity contribution is 5.76. The van der Waals surface area contributed by atoms with Crippen LogP contribution in [0.3, 0.4) is 0 Å². The minimum atomic E-state index is -0.166. The number of H-pyrrole nitrogens is 1. The van der Waals surface area contributed by atoms with Crippen LogP contribution < -0.4 is 10.9 Å². The second-order valence-corrected chi connectivity index (χ2v) is 6.17. The summed E-state index contributed by atoms with van der Waals surface area (Å²) in [6, 6.07) is 10.0. The number of benzene rings is 1. The maximum Gasteiger partial charge on any atom is 0.263 e. The van der Waals surface area contributed by atoms with Gasteiger partial charge in [0, 0.05) is 6.04 Å². The van der Waals surface area contributed by atoms with Gasteiger partial charge in [-0.05, 0) is 37.8 Å². The molecule has 1 atom stereocenters. The van der Waals surface area contributed by atoms with Gasteiger partial charge in [-0.3, -0.25) is 9.78 Å². The van der Waals surface area contributed by atoms with E-state index in [9.17, 15) is 4.79 Å². The zero-order valence-electron chi connectivity index (χ0n) is 13.0. The molecule has 1 fully saturated rings. The van der Waals surface area contributed by atoms with Crippen molar-refractivity contribution in [2.45, 2.75) is 32.2 Å². The van der Waals surface area contributed by atoms with Gasteiger partial charge in [0.05, 0.1) is 11.9 Å². The highest BCUT2D eigenvalue weighted by atomic mass is 16.1. The molecule has 2 aromatic heterocycles. The monoisotopic (exact) mass is 309 g/mol. The molecule has 4 rings (SSSR count). The Morgan fingerprint density at radius 1 is 1.30 bits per heavy atom. The van der Waals surface area contributed by atoms with Crippen LogP contribution in [0.4, 0.5) is 5.95 Å². The molecule has 0 bridgehead atoms. The number of anilines is 1. The minimum Gasteiger partial charge on any atom is -0.353 e. The van der Waals surface area contributed by atoms with Gasteiger partial charge in [-0.25, -0.2) is 4.68 Å².